The molecule has 0 saturated heterocycles. The molecule has 3 aromatic rings. The van der Waals surface area contributed by atoms with Gasteiger partial charge in [-0.05, 0) is 46.3 Å². The number of imidazole rings is 1. The fourth-order valence-corrected chi connectivity index (χ4v) is 3.02. The maximum Gasteiger partial charge on any atom is 0.332 e. The van der Waals surface area contributed by atoms with Crippen LogP contribution in [0.3, 0.4) is 0 Å². The third-order valence-corrected chi connectivity index (χ3v) is 4.78. The first kappa shape index (κ1) is 16.9. The molecule has 1 aromatic carbocycles. The van der Waals surface area contributed by atoms with E-state index < -0.39 is 11.2 Å². The zero-order valence-electron chi connectivity index (χ0n) is 12.8. The number of halogens is 2. The summed E-state index contributed by atoms with van der Waals surface area (Å²) in [4.78, 5) is 40.9. The van der Waals surface area contributed by atoms with Gasteiger partial charge in [-0.1, -0.05) is 12.1 Å². The monoisotopic (exact) mass is 458 g/mol. The van der Waals surface area contributed by atoms with E-state index in [4.69, 9.17) is 11.6 Å². The van der Waals surface area contributed by atoms with Gasteiger partial charge in [0, 0.05) is 23.2 Å². The van der Waals surface area contributed by atoms with Crippen LogP contribution in [0.1, 0.15) is 10.4 Å². The standard InChI is InChI=1S/C15H12ClIN4O3/c1-19-12-11(13(23)20(2)15(19)24)21(14(16)18-12)7-10(22)8-3-5-9(17)6-4-8/h3-6H,7H2,1-2H3. The van der Waals surface area contributed by atoms with E-state index in [1.54, 1.807) is 12.1 Å². The number of aromatic nitrogens is 4. The first-order valence-corrected chi connectivity index (χ1v) is 8.37. The van der Waals surface area contributed by atoms with Crippen molar-refractivity contribution in [1.82, 2.24) is 18.7 Å². The molecule has 2 heterocycles. The van der Waals surface area contributed by atoms with Gasteiger partial charge in [-0.15, -0.1) is 0 Å². The van der Waals surface area contributed by atoms with Gasteiger partial charge in [0.25, 0.3) is 5.56 Å². The van der Waals surface area contributed by atoms with E-state index in [1.807, 2.05) is 12.1 Å². The molecule has 2 aromatic heterocycles. The lowest BCUT2D eigenvalue weighted by Gasteiger charge is -2.07. The third-order valence-electron chi connectivity index (χ3n) is 3.77. The lowest BCUT2D eigenvalue weighted by atomic mass is 10.1. The van der Waals surface area contributed by atoms with Gasteiger partial charge in [-0.3, -0.25) is 18.7 Å². The lowest BCUT2D eigenvalue weighted by molar-refractivity contribution is 0.0973. The van der Waals surface area contributed by atoms with Gasteiger partial charge < -0.3 is 4.57 Å². The first-order valence-electron chi connectivity index (χ1n) is 6.91. The van der Waals surface area contributed by atoms with Gasteiger partial charge in [-0.25, -0.2) is 4.79 Å². The molecule has 0 N–H and O–H groups in total. The summed E-state index contributed by atoms with van der Waals surface area (Å²) in [6, 6.07) is 7.07. The van der Waals surface area contributed by atoms with E-state index in [-0.39, 0.29) is 28.8 Å². The number of hydrogen-bond acceptors (Lipinski definition) is 4. The number of ketones is 1. The molecular formula is C15H12ClIN4O3. The Morgan fingerprint density at radius 1 is 1.17 bits per heavy atom. The van der Waals surface area contributed by atoms with Gasteiger partial charge in [-0.2, -0.15) is 4.98 Å². The van der Waals surface area contributed by atoms with E-state index in [9.17, 15) is 14.4 Å². The molecule has 0 aliphatic rings. The molecule has 0 saturated carbocycles. The Labute approximate surface area is 154 Å². The highest BCUT2D eigenvalue weighted by atomic mass is 127. The molecule has 124 valence electrons. The Hall–Kier alpha value is -1.94. The van der Waals surface area contributed by atoms with Gasteiger partial charge in [0.05, 0.1) is 6.54 Å². The van der Waals surface area contributed by atoms with Crippen LogP contribution >= 0.6 is 34.2 Å². The second-order valence-corrected chi connectivity index (χ2v) is 6.86. The van der Waals surface area contributed by atoms with Crippen molar-refractivity contribution in [3.05, 3.63) is 59.5 Å². The second kappa shape index (κ2) is 6.17. The van der Waals surface area contributed by atoms with E-state index in [0.29, 0.717) is 5.56 Å². The highest BCUT2D eigenvalue weighted by Crippen LogP contribution is 2.17. The summed E-state index contributed by atoms with van der Waals surface area (Å²) in [5, 5.41) is -0.0119. The van der Waals surface area contributed by atoms with Crippen LogP contribution in [0.25, 0.3) is 11.2 Å². The summed E-state index contributed by atoms with van der Waals surface area (Å²) in [5.74, 6) is -0.205. The van der Waals surface area contributed by atoms with E-state index in [1.165, 1.54) is 23.2 Å². The molecule has 0 spiro atoms. The fourth-order valence-electron chi connectivity index (χ4n) is 2.43. The third kappa shape index (κ3) is 2.69. The highest BCUT2D eigenvalue weighted by molar-refractivity contribution is 14.1. The smallest absolute Gasteiger partial charge is 0.301 e. The number of hydrogen-bond donors (Lipinski definition) is 0. The fraction of sp³-hybridized carbons (Fsp3) is 0.200. The van der Waals surface area contributed by atoms with Crippen molar-refractivity contribution in [2.45, 2.75) is 6.54 Å². The van der Waals surface area contributed by atoms with Gasteiger partial charge in [0.15, 0.2) is 16.9 Å². The zero-order chi connectivity index (χ0) is 17.6. The molecular weight excluding hydrogens is 447 g/mol. The van der Waals surface area contributed by atoms with Crippen molar-refractivity contribution >= 4 is 51.1 Å². The molecule has 0 radical (unpaired) electrons. The van der Waals surface area contributed by atoms with Crippen LogP contribution in [0.15, 0.2) is 33.9 Å². The molecule has 3 rings (SSSR count). The minimum Gasteiger partial charge on any atom is -0.301 e. The number of benzene rings is 1. The summed E-state index contributed by atoms with van der Waals surface area (Å²) in [6.07, 6.45) is 0. The summed E-state index contributed by atoms with van der Waals surface area (Å²) < 4.78 is 4.54. The zero-order valence-corrected chi connectivity index (χ0v) is 15.7. The number of fused-ring (bicyclic) bond motifs is 1. The molecule has 9 heteroatoms. The minimum atomic E-state index is -0.539. The number of aryl methyl sites for hydroxylation is 1. The number of carbonyl (C=O) groups is 1. The average molecular weight is 459 g/mol. The van der Waals surface area contributed by atoms with Crippen LogP contribution < -0.4 is 11.2 Å². The number of rotatable bonds is 3. The van der Waals surface area contributed by atoms with Gasteiger partial charge in [0.2, 0.25) is 5.28 Å². The quantitative estimate of drug-likeness (QED) is 0.339. The molecule has 0 atom stereocenters. The molecule has 0 fully saturated rings. The van der Waals surface area contributed by atoms with Gasteiger partial charge >= 0.3 is 5.69 Å². The van der Waals surface area contributed by atoms with E-state index in [0.717, 1.165) is 8.14 Å². The Morgan fingerprint density at radius 2 is 1.79 bits per heavy atom. The van der Waals surface area contributed by atoms with Crippen LogP contribution in [-0.2, 0) is 20.6 Å². The summed E-state index contributed by atoms with van der Waals surface area (Å²) in [5.41, 5.74) is -0.248. The van der Waals surface area contributed by atoms with Crippen LogP contribution in [-0.4, -0.2) is 24.5 Å². The lowest BCUT2D eigenvalue weighted by Crippen LogP contribution is -2.37. The molecule has 24 heavy (non-hydrogen) atoms. The average Bonchev–Trinajstić information content (AvgIpc) is 2.88. The van der Waals surface area contributed by atoms with Crippen molar-refractivity contribution < 1.29 is 4.79 Å². The molecule has 0 unspecified atom stereocenters. The summed E-state index contributed by atoms with van der Waals surface area (Å²) in [7, 11) is 2.87. The van der Waals surface area contributed by atoms with Crippen molar-refractivity contribution in [3.63, 3.8) is 0 Å². The number of nitrogens with zero attached hydrogens (tertiary/aromatic N) is 4. The Bertz CT molecular complexity index is 1080. The van der Waals surface area contributed by atoms with Crippen molar-refractivity contribution in [2.24, 2.45) is 14.1 Å². The van der Waals surface area contributed by atoms with Crippen LogP contribution in [0.2, 0.25) is 5.28 Å². The molecule has 0 bridgehead atoms. The Balaban J connectivity index is 2.15. The maximum atomic E-state index is 12.5. The topological polar surface area (TPSA) is 78.9 Å². The molecule has 7 nitrogen and oxygen atoms in total. The van der Waals surface area contributed by atoms with E-state index in [2.05, 4.69) is 27.6 Å². The van der Waals surface area contributed by atoms with Crippen LogP contribution in [0.5, 0.6) is 0 Å². The van der Waals surface area contributed by atoms with E-state index >= 15 is 0 Å². The normalized spacial score (nSPS) is 11.2. The second-order valence-electron chi connectivity index (χ2n) is 5.28. The number of carbonyl (C=O) groups excluding carboxylic acids is 1. The Kier molecular flexibility index (Phi) is 4.35. The van der Waals surface area contributed by atoms with Crippen molar-refractivity contribution in [2.75, 3.05) is 0 Å². The van der Waals surface area contributed by atoms with Crippen molar-refractivity contribution in [1.29, 1.82) is 0 Å². The maximum absolute atomic E-state index is 12.5. The largest absolute Gasteiger partial charge is 0.332 e. The molecule has 0 aliphatic heterocycles. The Morgan fingerprint density at radius 3 is 2.42 bits per heavy atom. The minimum absolute atomic E-state index is 0.0119. The molecule has 0 aliphatic carbocycles. The van der Waals surface area contributed by atoms with Gasteiger partial charge in [0.1, 0.15) is 0 Å². The first-order chi connectivity index (χ1) is 11.3. The van der Waals surface area contributed by atoms with Crippen LogP contribution in [0.4, 0.5) is 0 Å². The predicted molar refractivity (Wildman–Crippen MR) is 98.7 cm³/mol. The predicted octanol–water partition coefficient (Wildman–Crippen LogP) is 1.57. The van der Waals surface area contributed by atoms with Crippen LogP contribution in [0, 0.1) is 3.57 Å². The highest BCUT2D eigenvalue weighted by Gasteiger charge is 2.20. The summed E-state index contributed by atoms with van der Waals surface area (Å²) in [6.45, 7) is -0.136. The van der Waals surface area contributed by atoms with Crippen molar-refractivity contribution in [3.8, 4) is 0 Å². The molecule has 0 amide bonds. The number of Topliss-reactive ketones (excluding diaryl/α,β-unsaturated/α-hetero) is 1. The SMILES string of the molecule is Cn1c(=O)c2c(nc(Cl)n2CC(=O)c2ccc(I)cc2)n(C)c1=O. The summed E-state index contributed by atoms with van der Waals surface area (Å²) >= 11 is 8.26.